The van der Waals surface area contributed by atoms with Crippen molar-refractivity contribution in [2.24, 2.45) is 11.8 Å². The van der Waals surface area contributed by atoms with Gasteiger partial charge in [0.2, 0.25) is 0 Å². The Bertz CT molecular complexity index is 2730. The molecule has 0 bridgehead atoms. The zero-order chi connectivity index (χ0) is 40.8. The highest BCUT2D eigenvalue weighted by atomic mass is 15.3. The molecule has 8 aromatic rings. The van der Waals surface area contributed by atoms with E-state index in [1.54, 1.807) is 0 Å². The van der Waals surface area contributed by atoms with Crippen molar-refractivity contribution in [2.75, 3.05) is 9.80 Å². The first-order valence-electron chi connectivity index (χ1n) is 22.8. The Morgan fingerprint density at radius 2 is 0.783 bits per heavy atom. The van der Waals surface area contributed by atoms with Crippen LogP contribution in [0.2, 0.25) is 0 Å². The summed E-state index contributed by atoms with van der Waals surface area (Å²) in [7, 11) is 0. The third kappa shape index (κ3) is 4.55. The quantitative estimate of drug-likeness (QED) is 0.164. The molecule has 6 atom stereocenters. The molecule has 4 aliphatic rings. The van der Waals surface area contributed by atoms with Gasteiger partial charge < -0.3 is 9.80 Å². The Morgan fingerprint density at radius 1 is 0.417 bits per heavy atom. The lowest BCUT2D eigenvalue weighted by molar-refractivity contribution is 0.130. The molecule has 12 rings (SSSR count). The molecule has 298 valence electrons. The molecule has 0 radical (unpaired) electrons. The van der Waals surface area contributed by atoms with Crippen molar-refractivity contribution in [2.45, 2.75) is 102 Å². The molecule has 0 saturated heterocycles. The van der Waals surface area contributed by atoms with Crippen molar-refractivity contribution in [3.63, 3.8) is 0 Å². The highest BCUT2D eigenvalue weighted by molar-refractivity contribution is 6.24. The number of rotatable bonds is 4. The Hall–Kier alpha value is -5.60. The third-order valence-electron chi connectivity index (χ3n) is 17.6. The van der Waals surface area contributed by atoms with Crippen LogP contribution in [0.1, 0.15) is 91.2 Å². The average Bonchev–Trinajstić information content (AvgIpc) is 3.62. The molecular weight excluding hydrogens is 725 g/mol. The van der Waals surface area contributed by atoms with E-state index in [4.69, 9.17) is 0 Å². The van der Waals surface area contributed by atoms with Crippen molar-refractivity contribution >= 4 is 55.1 Å². The summed E-state index contributed by atoms with van der Waals surface area (Å²) >= 11 is 0. The number of benzene rings is 8. The lowest BCUT2D eigenvalue weighted by Crippen LogP contribution is -2.59. The second-order valence-electron chi connectivity index (χ2n) is 20.1. The minimum absolute atomic E-state index is 0.00908. The lowest BCUT2D eigenvalue weighted by atomic mass is 9.57. The zero-order valence-corrected chi connectivity index (χ0v) is 36.1. The van der Waals surface area contributed by atoms with Crippen LogP contribution < -0.4 is 9.80 Å². The zero-order valence-electron chi connectivity index (χ0n) is 36.1. The topological polar surface area (TPSA) is 6.48 Å². The average molecular weight is 781 g/mol. The molecule has 2 saturated carbocycles. The molecule has 60 heavy (non-hydrogen) atoms. The van der Waals surface area contributed by atoms with Crippen LogP contribution >= 0.6 is 0 Å². The van der Waals surface area contributed by atoms with Crippen molar-refractivity contribution < 1.29 is 0 Å². The van der Waals surface area contributed by atoms with Crippen LogP contribution in [-0.2, 0) is 10.8 Å². The highest BCUT2D eigenvalue weighted by Gasteiger charge is 2.62. The maximum Gasteiger partial charge on any atom is 0.0543 e. The van der Waals surface area contributed by atoms with Gasteiger partial charge in [0.25, 0.3) is 0 Å². The van der Waals surface area contributed by atoms with Crippen molar-refractivity contribution in [1.29, 1.82) is 0 Å². The summed E-state index contributed by atoms with van der Waals surface area (Å²) in [4.78, 5) is 5.39. The summed E-state index contributed by atoms with van der Waals surface area (Å²) < 4.78 is 0. The molecule has 2 nitrogen and oxygen atoms in total. The maximum absolute atomic E-state index is 2.70. The van der Waals surface area contributed by atoms with Crippen LogP contribution in [0.25, 0.3) is 54.6 Å². The minimum Gasteiger partial charge on any atom is -0.334 e. The van der Waals surface area contributed by atoms with Gasteiger partial charge in [0.15, 0.2) is 0 Å². The number of fused-ring (bicyclic) bond motifs is 6. The Balaban J connectivity index is 0.953. The molecule has 8 aromatic carbocycles. The van der Waals surface area contributed by atoms with Crippen LogP contribution in [0.4, 0.5) is 22.7 Å². The summed E-state index contributed by atoms with van der Waals surface area (Å²) in [5.41, 5.74) is 13.8. The molecule has 2 aliphatic heterocycles. The molecule has 2 aliphatic carbocycles. The van der Waals surface area contributed by atoms with E-state index in [1.165, 1.54) is 127 Å². The van der Waals surface area contributed by atoms with E-state index in [9.17, 15) is 0 Å². The molecule has 6 unspecified atom stereocenters. The number of nitrogens with zero attached hydrogens (tertiary/aromatic N) is 2. The van der Waals surface area contributed by atoms with Crippen LogP contribution in [0.3, 0.4) is 0 Å². The SMILES string of the molecule is CC1CCCC2(C)c3cc(-c4cc5ccc6cc(-c7ccc8c(c7)C7(C)CCCC(C)C7(C)N8c7ccccc7)cc7ccc(c4)c5c67)ccc3N(c3ccccc3)C12C. The standard InChI is InChI=1S/C58H56N2/c1-37-15-13-29-55(3)49-35-39(25-27-51(49)59(57(37,55)5)47-17-9-7-10-18-47)45-31-41-21-23-43-33-46(34-44-24-22-42(32-45)53(41)54(43)44)40-26-28-52-50(36-40)56(4)30-14-16-38(2)58(56,6)60(52)48-19-11-8-12-20-48/h7-12,17-28,31-38H,13-16,29-30H2,1-6H3. The Labute approximate surface area is 356 Å². The lowest BCUT2D eigenvalue weighted by Gasteiger charge is -2.54. The van der Waals surface area contributed by atoms with E-state index in [0.717, 1.165) is 0 Å². The number of hydrogen-bond donors (Lipinski definition) is 0. The van der Waals surface area contributed by atoms with E-state index < -0.39 is 0 Å². The van der Waals surface area contributed by atoms with Crippen LogP contribution in [0, 0.1) is 11.8 Å². The maximum atomic E-state index is 2.70. The summed E-state index contributed by atoms with van der Waals surface area (Å²) in [6.07, 6.45) is 7.52. The summed E-state index contributed by atoms with van der Waals surface area (Å²) in [6, 6.07) is 56.3. The molecule has 2 fully saturated rings. The van der Waals surface area contributed by atoms with Gasteiger partial charge in [0.1, 0.15) is 0 Å². The first kappa shape index (κ1) is 36.3. The van der Waals surface area contributed by atoms with Gasteiger partial charge in [-0.3, -0.25) is 0 Å². The van der Waals surface area contributed by atoms with Gasteiger partial charge >= 0.3 is 0 Å². The molecule has 0 N–H and O–H groups in total. The van der Waals surface area contributed by atoms with Gasteiger partial charge in [-0.1, -0.05) is 113 Å². The fraction of sp³-hybridized carbons (Fsp3) is 0.310. The van der Waals surface area contributed by atoms with Gasteiger partial charge in [-0.2, -0.15) is 0 Å². The summed E-state index contributed by atoms with van der Waals surface area (Å²) in [6.45, 7) is 15.2. The van der Waals surface area contributed by atoms with E-state index in [1.807, 2.05) is 0 Å². The second-order valence-corrected chi connectivity index (χ2v) is 20.1. The smallest absolute Gasteiger partial charge is 0.0543 e. The molecule has 0 spiro atoms. The monoisotopic (exact) mass is 780 g/mol. The summed E-state index contributed by atoms with van der Waals surface area (Å²) in [5.74, 6) is 1.16. The van der Waals surface area contributed by atoms with Gasteiger partial charge in [-0.05, 0) is 190 Å². The first-order chi connectivity index (χ1) is 29.0. The predicted molar refractivity (Wildman–Crippen MR) is 256 cm³/mol. The molecule has 0 amide bonds. The third-order valence-corrected chi connectivity index (χ3v) is 17.6. The van der Waals surface area contributed by atoms with Crippen molar-refractivity contribution in [3.8, 4) is 22.3 Å². The van der Waals surface area contributed by atoms with E-state index in [-0.39, 0.29) is 21.9 Å². The van der Waals surface area contributed by atoms with E-state index in [2.05, 4.69) is 197 Å². The summed E-state index contributed by atoms with van der Waals surface area (Å²) in [5, 5.41) is 8.03. The van der Waals surface area contributed by atoms with Crippen LogP contribution in [0.15, 0.2) is 146 Å². The minimum atomic E-state index is 0.00908. The van der Waals surface area contributed by atoms with Gasteiger partial charge in [-0.15, -0.1) is 0 Å². The highest BCUT2D eigenvalue weighted by Crippen LogP contribution is 2.64. The van der Waals surface area contributed by atoms with Crippen molar-refractivity contribution in [3.05, 3.63) is 157 Å². The number of hydrogen-bond acceptors (Lipinski definition) is 2. The number of anilines is 4. The normalized spacial score (nSPS) is 28.3. The van der Waals surface area contributed by atoms with Gasteiger partial charge in [-0.25, -0.2) is 0 Å². The predicted octanol–water partition coefficient (Wildman–Crippen LogP) is 15.9. The molecule has 0 aromatic heterocycles. The number of para-hydroxylation sites is 2. The van der Waals surface area contributed by atoms with Crippen LogP contribution in [-0.4, -0.2) is 11.1 Å². The molecular formula is C58H56N2. The first-order valence-corrected chi connectivity index (χ1v) is 22.8. The second kappa shape index (κ2) is 12.5. The van der Waals surface area contributed by atoms with E-state index in [0.29, 0.717) is 11.8 Å². The van der Waals surface area contributed by atoms with E-state index >= 15 is 0 Å². The van der Waals surface area contributed by atoms with Crippen molar-refractivity contribution in [1.82, 2.24) is 0 Å². The Morgan fingerprint density at radius 3 is 1.15 bits per heavy atom. The molecule has 2 heteroatoms. The largest absolute Gasteiger partial charge is 0.334 e. The van der Waals surface area contributed by atoms with Gasteiger partial charge in [0.05, 0.1) is 11.1 Å². The molecule has 2 heterocycles. The fourth-order valence-electron chi connectivity index (χ4n) is 13.8. The Kier molecular flexibility index (Phi) is 7.54. The van der Waals surface area contributed by atoms with Crippen LogP contribution in [0.5, 0.6) is 0 Å². The van der Waals surface area contributed by atoms with Gasteiger partial charge in [0, 0.05) is 33.6 Å². The fourth-order valence-corrected chi connectivity index (χ4v) is 13.8.